The van der Waals surface area contributed by atoms with Gasteiger partial charge in [0.1, 0.15) is 17.1 Å². The molecule has 24 heavy (non-hydrogen) atoms. The van der Waals surface area contributed by atoms with Gasteiger partial charge in [-0.2, -0.15) is 0 Å². The number of benzene rings is 2. The highest BCUT2D eigenvalue weighted by Crippen LogP contribution is 2.36. The monoisotopic (exact) mass is 347 g/mol. The van der Waals surface area contributed by atoms with Gasteiger partial charge in [0.25, 0.3) is 5.91 Å². The number of rotatable bonds is 4. The van der Waals surface area contributed by atoms with Crippen molar-refractivity contribution in [1.29, 1.82) is 0 Å². The smallest absolute Gasteiger partial charge is 0.255 e. The third-order valence-corrected chi connectivity index (χ3v) is 4.34. The molecule has 0 unspecified atom stereocenters. The molecule has 1 amide bonds. The van der Waals surface area contributed by atoms with Crippen LogP contribution in [0.25, 0.3) is 0 Å². The number of carbonyl (C=O) groups is 1. The Hall–Kier alpha value is -2.24. The number of para-hydroxylation sites is 1. The van der Waals surface area contributed by atoms with E-state index in [-0.39, 0.29) is 12.5 Å². The third-order valence-electron chi connectivity index (χ3n) is 4.11. The molecule has 2 aromatic carbocycles. The zero-order valence-corrected chi connectivity index (χ0v) is 14.0. The van der Waals surface area contributed by atoms with Crippen LogP contribution in [0.5, 0.6) is 11.5 Å². The summed E-state index contributed by atoms with van der Waals surface area (Å²) in [4.78, 5) is 12.5. The standard InChI is InChI=1S/C18H18ClNO4/c1-23-15-7-6-12(19)10-13(15)17(21)20-11-18(22)8-9-24-16-5-3-2-4-14(16)18/h2-7,10,22H,8-9,11H2,1H3,(H,20,21)/t18-/m0/s1. The fourth-order valence-electron chi connectivity index (χ4n) is 2.80. The molecule has 0 fully saturated rings. The van der Waals surface area contributed by atoms with Gasteiger partial charge in [0, 0.05) is 17.0 Å². The SMILES string of the molecule is COc1ccc(Cl)cc1C(=O)NC[C@@]1(O)CCOc2ccccc21. The van der Waals surface area contributed by atoms with E-state index in [4.69, 9.17) is 21.1 Å². The molecule has 1 aliphatic rings. The summed E-state index contributed by atoms with van der Waals surface area (Å²) < 4.78 is 10.7. The van der Waals surface area contributed by atoms with Crippen molar-refractivity contribution >= 4 is 17.5 Å². The lowest BCUT2D eigenvalue weighted by atomic mass is 9.88. The molecule has 1 heterocycles. The molecule has 0 bridgehead atoms. The lowest BCUT2D eigenvalue weighted by Crippen LogP contribution is -2.44. The van der Waals surface area contributed by atoms with Crippen LogP contribution in [0.4, 0.5) is 0 Å². The van der Waals surface area contributed by atoms with E-state index >= 15 is 0 Å². The van der Waals surface area contributed by atoms with Gasteiger partial charge in [-0.05, 0) is 24.3 Å². The Morgan fingerprint density at radius 2 is 2.17 bits per heavy atom. The number of halogens is 1. The fourth-order valence-corrected chi connectivity index (χ4v) is 2.98. The Kier molecular flexibility index (Phi) is 4.64. The number of aliphatic hydroxyl groups is 1. The normalized spacial score (nSPS) is 19.1. The van der Waals surface area contributed by atoms with Crippen molar-refractivity contribution in [3.05, 3.63) is 58.6 Å². The fraction of sp³-hybridized carbons (Fsp3) is 0.278. The number of hydrogen-bond acceptors (Lipinski definition) is 4. The van der Waals surface area contributed by atoms with Crippen molar-refractivity contribution < 1.29 is 19.4 Å². The molecule has 6 heteroatoms. The van der Waals surface area contributed by atoms with E-state index in [1.165, 1.54) is 13.2 Å². The van der Waals surface area contributed by atoms with Gasteiger partial charge in [0.15, 0.2) is 0 Å². The van der Waals surface area contributed by atoms with Crippen molar-refractivity contribution in [2.24, 2.45) is 0 Å². The molecule has 0 aromatic heterocycles. The van der Waals surface area contributed by atoms with E-state index in [9.17, 15) is 9.90 Å². The lowest BCUT2D eigenvalue weighted by molar-refractivity contribution is -0.00162. The summed E-state index contributed by atoms with van der Waals surface area (Å²) in [6, 6.07) is 12.1. The summed E-state index contributed by atoms with van der Waals surface area (Å²) in [6.45, 7) is 0.464. The number of ether oxygens (including phenoxy) is 2. The van der Waals surface area contributed by atoms with Crippen LogP contribution in [-0.2, 0) is 5.60 Å². The maximum Gasteiger partial charge on any atom is 0.255 e. The van der Waals surface area contributed by atoms with Crippen molar-refractivity contribution in [1.82, 2.24) is 5.32 Å². The van der Waals surface area contributed by atoms with E-state index in [1.807, 2.05) is 12.1 Å². The predicted molar refractivity (Wildman–Crippen MR) is 90.8 cm³/mol. The Morgan fingerprint density at radius 1 is 1.38 bits per heavy atom. The van der Waals surface area contributed by atoms with Crippen LogP contribution in [0.3, 0.4) is 0 Å². The van der Waals surface area contributed by atoms with Crippen molar-refractivity contribution in [3.8, 4) is 11.5 Å². The van der Waals surface area contributed by atoms with E-state index < -0.39 is 5.60 Å². The van der Waals surface area contributed by atoms with Crippen LogP contribution < -0.4 is 14.8 Å². The summed E-state index contributed by atoms with van der Waals surface area (Å²) in [5, 5.41) is 14.2. The highest BCUT2D eigenvalue weighted by Gasteiger charge is 2.36. The first kappa shape index (κ1) is 16.6. The van der Waals surface area contributed by atoms with Gasteiger partial charge < -0.3 is 19.9 Å². The van der Waals surface area contributed by atoms with Gasteiger partial charge in [-0.3, -0.25) is 4.79 Å². The molecule has 0 aliphatic carbocycles. The molecule has 0 saturated heterocycles. The maximum atomic E-state index is 12.5. The Labute approximate surface area is 145 Å². The van der Waals surface area contributed by atoms with Crippen molar-refractivity contribution in [2.45, 2.75) is 12.0 Å². The Morgan fingerprint density at radius 3 is 2.96 bits per heavy atom. The van der Waals surface area contributed by atoms with Crippen LogP contribution >= 0.6 is 11.6 Å². The molecule has 1 atom stereocenters. The molecule has 3 rings (SSSR count). The van der Waals surface area contributed by atoms with Crippen molar-refractivity contribution in [3.63, 3.8) is 0 Å². The summed E-state index contributed by atoms with van der Waals surface area (Å²) in [6.07, 6.45) is 0.400. The first-order valence-electron chi connectivity index (χ1n) is 7.60. The molecule has 0 spiro atoms. The molecule has 0 saturated carbocycles. The van der Waals surface area contributed by atoms with Crippen LogP contribution in [0.15, 0.2) is 42.5 Å². The second kappa shape index (κ2) is 6.71. The Bertz CT molecular complexity index is 764. The molecule has 126 valence electrons. The topological polar surface area (TPSA) is 67.8 Å². The molecule has 0 radical (unpaired) electrons. The van der Waals surface area contributed by atoms with Crippen LogP contribution in [-0.4, -0.2) is 31.3 Å². The average Bonchev–Trinajstić information content (AvgIpc) is 2.60. The first-order chi connectivity index (χ1) is 11.5. The van der Waals surface area contributed by atoms with Gasteiger partial charge in [0.2, 0.25) is 0 Å². The minimum absolute atomic E-state index is 0.0713. The predicted octanol–water partition coefficient (Wildman–Crippen LogP) is 2.75. The minimum Gasteiger partial charge on any atom is -0.496 e. The molecular formula is C18H18ClNO4. The Balaban J connectivity index is 1.79. The highest BCUT2D eigenvalue weighted by molar-refractivity contribution is 6.31. The van der Waals surface area contributed by atoms with Crippen LogP contribution in [0, 0.1) is 0 Å². The molecule has 2 aromatic rings. The van der Waals surface area contributed by atoms with Crippen LogP contribution in [0.2, 0.25) is 5.02 Å². The maximum absolute atomic E-state index is 12.5. The number of hydrogen-bond donors (Lipinski definition) is 2. The summed E-state index contributed by atoms with van der Waals surface area (Å²) in [5.41, 5.74) is -0.167. The minimum atomic E-state index is -1.17. The number of methoxy groups -OCH3 is 1. The van der Waals surface area contributed by atoms with Gasteiger partial charge >= 0.3 is 0 Å². The zero-order chi connectivity index (χ0) is 17.2. The van der Waals surface area contributed by atoms with Crippen LogP contribution in [0.1, 0.15) is 22.3 Å². The van der Waals surface area contributed by atoms with E-state index in [2.05, 4.69) is 5.32 Å². The highest BCUT2D eigenvalue weighted by atomic mass is 35.5. The van der Waals surface area contributed by atoms with Gasteiger partial charge in [-0.25, -0.2) is 0 Å². The van der Waals surface area contributed by atoms with Gasteiger partial charge in [0.05, 0.1) is 25.8 Å². The number of nitrogens with one attached hydrogen (secondary N) is 1. The molecule has 1 aliphatic heterocycles. The number of fused-ring (bicyclic) bond motifs is 1. The molecule has 5 nitrogen and oxygen atoms in total. The molecular weight excluding hydrogens is 330 g/mol. The van der Waals surface area contributed by atoms with E-state index in [0.717, 1.165) is 0 Å². The molecule has 2 N–H and O–H groups in total. The third kappa shape index (κ3) is 3.18. The first-order valence-corrected chi connectivity index (χ1v) is 7.98. The van der Waals surface area contributed by atoms with Gasteiger partial charge in [-0.1, -0.05) is 29.8 Å². The van der Waals surface area contributed by atoms with E-state index in [0.29, 0.717) is 40.7 Å². The summed E-state index contributed by atoms with van der Waals surface area (Å²) in [5.74, 6) is 0.712. The quantitative estimate of drug-likeness (QED) is 0.892. The number of carbonyl (C=O) groups excluding carboxylic acids is 1. The van der Waals surface area contributed by atoms with Crippen molar-refractivity contribution in [2.75, 3.05) is 20.3 Å². The van der Waals surface area contributed by atoms with E-state index in [1.54, 1.807) is 24.3 Å². The second-order valence-corrected chi connectivity index (χ2v) is 6.09. The summed E-state index contributed by atoms with van der Waals surface area (Å²) >= 11 is 5.96. The summed E-state index contributed by atoms with van der Waals surface area (Å²) in [7, 11) is 1.49. The zero-order valence-electron chi connectivity index (χ0n) is 13.2. The average molecular weight is 348 g/mol. The number of amides is 1. The second-order valence-electron chi connectivity index (χ2n) is 5.65. The largest absolute Gasteiger partial charge is 0.496 e. The lowest BCUT2D eigenvalue weighted by Gasteiger charge is -2.34. The van der Waals surface area contributed by atoms with Gasteiger partial charge in [-0.15, -0.1) is 0 Å².